The molecule has 7 heteroatoms. The van der Waals surface area contributed by atoms with Gasteiger partial charge in [-0.15, -0.1) is 24.0 Å². The van der Waals surface area contributed by atoms with Gasteiger partial charge in [0, 0.05) is 38.6 Å². The lowest BCUT2D eigenvalue weighted by atomic mass is 9.88. The highest BCUT2D eigenvalue weighted by Gasteiger charge is 2.24. The van der Waals surface area contributed by atoms with Crippen molar-refractivity contribution in [2.24, 2.45) is 4.99 Å². The van der Waals surface area contributed by atoms with E-state index < -0.39 is 0 Å². The fourth-order valence-corrected chi connectivity index (χ4v) is 4.04. The Morgan fingerprint density at radius 3 is 2.12 bits per heavy atom. The number of amides is 1. The van der Waals surface area contributed by atoms with Crippen LogP contribution in [0.3, 0.4) is 0 Å². The van der Waals surface area contributed by atoms with Crippen LogP contribution in [0.2, 0.25) is 0 Å². The van der Waals surface area contributed by atoms with E-state index in [1.165, 1.54) is 11.1 Å². The molecule has 3 rings (SSSR count). The molecule has 0 unspecified atom stereocenters. The second-order valence-electron chi connectivity index (χ2n) is 7.77. The summed E-state index contributed by atoms with van der Waals surface area (Å²) in [5.74, 6) is 1.15. The molecular formula is C25H35IN4O2. The van der Waals surface area contributed by atoms with E-state index in [4.69, 9.17) is 4.74 Å². The van der Waals surface area contributed by atoms with Crippen molar-refractivity contribution in [3.63, 3.8) is 0 Å². The third-order valence-electron chi connectivity index (χ3n) is 5.71. The maximum atomic E-state index is 11.9. The number of carbonyl (C=O) groups excluding carboxylic acids is 1. The summed E-state index contributed by atoms with van der Waals surface area (Å²) >= 11 is 0. The van der Waals surface area contributed by atoms with E-state index in [1.807, 2.05) is 6.92 Å². The number of ether oxygens (including phenoxy) is 1. The summed E-state index contributed by atoms with van der Waals surface area (Å²) in [6.07, 6.45) is 2.53. The van der Waals surface area contributed by atoms with Gasteiger partial charge < -0.3 is 20.3 Å². The van der Waals surface area contributed by atoms with Crippen molar-refractivity contribution >= 4 is 36.0 Å². The van der Waals surface area contributed by atoms with Crippen LogP contribution in [0.15, 0.2) is 65.7 Å². The zero-order valence-corrected chi connectivity index (χ0v) is 21.3. The Hall–Kier alpha value is -2.29. The van der Waals surface area contributed by atoms with E-state index in [0.717, 1.165) is 31.8 Å². The zero-order chi connectivity index (χ0) is 21.9. The number of hydrogen-bond acceptors (Lipinski definition) is 3. The summed E-state index contributed by atoms with van der Waals surface area (Å²) in [5, 5.41) is 6.99. The Morgan fingerprint density at radius 2 is 1.62 bits per heavy atom. The molecule has 0 bridgehead atoms. The first-order valence-corrected chi connectivity index (χ1v) is 11.2. The van der Waals surface area contributed by atoms with Crippen LogP contribution in [0.4, 0.5) is 4.79 Å². The highest BCUT2D eigenvalue weighted by atomic mass is 127. The number of guanidine groups is 1. The summed E-state index contributed by atoms with van der Waals surface area (Å²) in [6.45, 7) is 4.48. The minimum absolute atomic E-state index is 0. The number of carbonyl (C=O) groups is 1. The molecule has 1 amide bonds. The molecular weight excluding hydrogens is 515 g/mol. The standard InChI is InChI=1S/C25H34N4O2.HI/c1-3-31-25(30)29-18-15-22(16-19-29)28-24(26-2)27-17-14-23(20-10-6-4-7-11-20)21-12-8-5-9-13-21;/h4-13,22-23H,3,14-19H2,1-2H3,(H2,26,27,28);1H. The Kier molecular flexibility index (Phi) is 11.3. The van der Waals surface area contributed by atoms with Crippen molar-refractivity contribution in [2.75, 3.05) is 33.3 Å². The zero-order valence-electron chi connectivity index (χ0n) is 19.0. The summed E-state index contributed by atoms with van der Waals surface area (Å²) in [5.41, 5.74) is 2.65. The average Bonchev–Trinajstić information content (AvgIpc) is 2.82. The Bertz CT molecular complexity index is 785. The third kappa shape index (κ3) is 7.69. The van der Waals surface area contributed by atoms with E-state index in [-0.39, 0.29) is 30.1 Å². The van der Waals surface area contributed by atoms with Gasteiger partial charge in [-0.05, 0) is 37.3 Å². The van der Waals surface area contributed by atoms with Gasteiger partial charge in [-0.3, -0.25) is 4.99 Å². The monoisotopic (exact) mass is 550 g/mol. The van der Waals surface area contributed by atoms with Crippen LogP contribution >= 0.6 is 24.0 Å². The van der Waals surface area contributed by atoms with E-state index in [1.54, 1.807) is 11.9 Å². The SMILES string of the molecule is CCOC(=O)N1CCC(NC(=NC)NCCC(c2ccccc2)c2ccccc2)CC1.I. The van der Waals surface area contributed by atoms with E-state index in [9.17, 15) is 4.79 Å². The predicted molar refractivity (Wildman–Crippen MR) is 141 cm³/mol. The first-order valence-electron chi connectivity index (χ1n) is 11.2. The lowest BCUT2D eigenvalue weighted by Gasteiger charge is -2.32. The molecule has 32 heavy (non-hydrogen) atoms. The maximum absolute atomic E-state index is 11.9. The van der Waals surface area contributed by atoms with Gasteiger partial charge in [-0.2, -0.15) is 0 Å². The summed E-state index contributed by atoms with van der Waals surface area (Å²) in [6, 6.07) is 21.6. The molecule has 0 atom stereocenters. The van der Waals surface area contributed by atoms with E-state index in [0.29, 0.717) is 31.7 Å². The molecule has 1 aliphatic rings. The molecule has 2 aromatic carbocycles. The van der Waals surface area contributed by atoms with Gasteiger partial charge in [-0.1, -0.05) is 60.7 Å². The normalized spacial score (nSPS) is 14.6. The lowest BCUT2D eigenvalue weighted by Crippen LogP contribution is -2.50. The molecule has 0 aromatic heterocycles. The first kappa shape index (κ1) is 26.0. The Morgan fingerprint density at radius 1 is 1.06 bits per heavy atom. The summed E-state index contributed by atoms with van der Waals surface area (Å²) < 4.78 is 5.10. The fraction of sp³-hybridized carbons (Fsp3) is 0.440. The van der Waals surface area contributed by atoms with Gasteiger partial charge in [0.1, 0.15) is 0 Å². The predicted octanol–water partition coefficient (Wildman–Crippen LogP) is 4.61. The molecule has 174 valence electrons. The van der Waals surface area contributed by atoms with Gasteiger partial charge in [0.25, 0.3) is 0 Å². The Balaban J connectivity index is 0.00000363. The second kappa shape index (κ2) is 14.0. The molecule has 0 aliphatic carbocycles. The van der Waals surface area contributed by atoms with Gasteiger partial charge in [0.15, 0.2) is 5.96 Å². The van der Waals surface area contributed by atoms with Crippen LogP contribution in [0.5, 0.6) is 0 Å². The molecule has 2 aromatic rings. The minimum atomic E-state index is -0.212. The van der Waals surface area contributed by atoms with Crippen LogP contribution < -0.4 is 10.6 Å². The minimum Gasteiger partial charge on any atom is -0.450 e. The molecule has 0 spiro atoms. The molecule has 1 heterocycles. The first-order chi connectivity index (χ1) is 15.2. The number of rotatable bonds is 7. The van der Waals surface area contributed by atoms with E-state index >= 15 is 0 Å². The molecule has 1 fully saturated rings. The largest absolute Gasteiger partial charge is 0.450 e. The molecule has 0 radical (unpaired) electrons. The van der Waals surface area contributed by atoms with Crippen LogP contribution in [-0.2, 0) is 4.74 Å². The van der Waals surface area contributed by atoms with Crippen LogP contribution in [-0.4, -0.2) is 56.3 Å². The number of hydrogen-bond donors (Lipinski definition) is 2. The summed E-state index contributed by atoms with van der Waals surface area (Å²) in [4.78, 5) is 18.0. The second-order valence-corrected chi connectivity index (χ2v) is 7.77. The molecule has 0 saturated carbocycles. The quantitative estimate of drug-likeness (QED) is 0.300. The fourth-order valence-electron chi connectivity index (χ4n) is 4.04. The number of likely N-dealkylation sites (tertiary alicyclic amines) is 1. The van der Waals surface area contributed by atoms with Gasteiger partial charge in [0.05, 0.1) is 6.61 Å². The van der Waals surface area contributed by atoms with Crippen molar-refractivity contribution < 1.29 is 9.53 Å². The van der Waals surface area contributed by atoms with Crippen LogP contribution in [0.25, 0.3) is 0 Å². The number of benzene rings is 2. The number of halogens is 1. The van der Waals surface area contributed by atoms with Gasteiger partial charge >= 0.3 is 6.09 Å². The van der Waals surface area contributed by atoms with Crippen molar-refractivity contribution in [1.82, 2.24) is 15.5 Å². The summed E-state index contributed by atoms with van der Waals surface area (Å²) in [7, 11) is 1.80. The topological polar surface area (TPSA) is 66.0 Å². The van der Waals surface area contributed by atoms with Crippen molar-refractivity contribution in [2.45, 2.75) is 38.1 Å². The molecule has 1 saturated heterocycles. The van der Waals surface area contributed by atoms with Crippen LogP contribution in [0, 0.1) is 0 Å². The third-order valence-corrected chi connectivity index (χ3v) is 5.71. The average molecular weight is 550 g/mol. The molecule has 6 nitrogen and oxygen atoms in total. The highest BCUT2D eigenvalue weighted by molar-refractivity contribution is 14.0. The maximum Gasteiger partial charge on any atom is 0.409 e. The lowest BCUT2D eigenvalue weighted by molar-refractivity contribution is 0.0963. The van der Waals surface area contributed by atoms with E-state index in [2.05, 4.69) is 76.3 Å². The van der Waals surface area contributed by atoms with Crippen molar-refractivity contribution in [1.29, 1.82) is 0 Å². The Labute approximate surface area is 208 Å². The van der Waals surface area contributed by atoms with Crippen molar-refractivity contribution in [3.05, 3.63) is 71.8 Å². The highest BCUT2D eigenvalue weighted by Crippen LogP contribution is 2.27. The smallest absolute Gasteiger partial charge is 0.409 e. The van der Waals surface area contributed by atoms with Crippen LogP contribution in [0.1, 0.15) is 43.2 Å². The number of nitrogens with zero attached hydrogens (tertiary/aromatic N) is 2. The van der Waals surface area contributed by atoms with Gasteiger partial charge in [0.2, 0.25) is 0 Å². The molecule has 2 N–H and O–H groups in total. The number of nitrogens with one attached hydrogen (secondary N) is 2. The number of aliphatic imine (C=N–C) groups is 1. The van der Waals surface area contributed by atoms with Gasteiger partial charge in [-0.25, -0.2) is 4.79 Å². The molecule has 1 aliphatic heterocycles. The van der Waals surface area contributed by atoms with Crippen molar-refractivity contribution in [3.8, 4) is 0 Å². The number of piperidine rings is 1.